The van der Waals surface area contributed by atoms with Crippen LogP contribution in [0.25, 0.3) is 0 Å². The van der Waals surface area contributed by atoms with Gasteiger partial charge in [0.05, 0.1) is 0 Å². The first kappa shape index (κ1) is 20.6. The van der Waals surface area contributed by atoms with Gasteiger partial charge in [0, 0.05) is 37.2 Å². The lowest BCUT2D eigenvalue weighted by atomic mass is 9.92. The Morgan fingerprint density at radius 1 is 1.16 bits per heavy atom. The van der Waals surface area contributed by atoms with Crippen molar-refractivity contribution in [2.45, 2.75) is 77.8 Å². The number of nitrogens with zero attached hydrogens (tertiary/aromatic N) is 2. The van der Waals surface area contributed by atoms with Crippen molar-refractivity contribution in [1.29, 1.82) is 0 Å². The highest BCUT2D eigenvalue weighted by atomic mass is 16.6. The van der Waals surface area contributed by atoms with Gasteiger partial charge in [-0.1, -0.05) is 0 Å². The van der Waals surface area contributed by atoms with Crippen LogP contribution in [0.15, 0.2) is 0 Å². The molecule has 1 amide bonds. The van der Waals surface area contributed by atoms with Crippen LogP contribution < -0.4 is 5.32 Å². The molecular weight excluding hydrogens is 318 g/mol. The SMILES string of the molecule is CCOC(O)N1CCCC(N2CCC(C(=O)NC(C)(C)C)CC2)CC1. The largest absolute Gasteiger partial charge is 0.356 e. The van der Waals surface area contributed by atoms with Crippen LogP contribution in [0.5, 0.6) is 0 Å². The summed E-state index contributed by atoms with van der Waals surface area (Å²) in [7, 11) is 0. The van der Waals surface area contributed by atoms with E-state index in [1.54, 1.807) is 0 Å². The van der Waals surface area contributed by atoms with E-state index >= 15 is 0 Å². The molecule has 0 aromatic rings. The fraction of sp³-hybridized carbons (Fsp3) is 0.947. The maximum atomic E-state index is 12.4. The second-order valence-corrected chi connectivity index (χ2v) is 8.45. The highest BCUT2D eigenvalue weighted by Crippen LogP contribution is 2.25. The smallest absolute Gasteiger partial charge is 0.223 e. The number of nitrogens with one attached hydrogen (secondary N) is 1. The Morgan fingerprint density at radius 3 is 2.44 bits per heavy atom. The summed E-state index contributed by atoms with van der Waals surface area (Å²) < 4.78 is 5.32. The molecule has 2 N–H and O–H groups in total. The Labute approximate surface area is 152 Å². The number of piperidine rings is 1. The van der Waals surface area contributed by atoms with Crippen LogP contribution in [-0.2, 0) is 9.53 Å². The Morgan fingerprint density at radius 2 is 1.84 bits per heavy atom. The summed E-state index contributed by atoms with van der Waals surface area (Å²) in [4.78, 5) is 16.9. The van der Waals surface area contributed by atoms with Crippen LogP contribution in [-0.4, -0.2) is 71.6 Å². The molecule has 0 spiro atoms. The van der Waals surface area contributed by atoms with Gasteiger partial charge in [-0.05, 0) is 72.9 Å². The lowest BCUT2D eigenvalue weighted by Gasteiger charge is -2.37. The zero-order valence-electron chi connectivity index (χ0n) is 16.5. The lowest BCUT2D eigenvalue weighted by molar-refractivity contribution is -0.189. The molecule has 2 unspecified atom stereocenters. The average molecular weight is 356 g/mol. The number of hydrogen-bond donors (Lipinski definition) is 2. The molecule has 25 heavy (non-hydrogen) atoms. The molecule has 146 valence electrons. The predicted molar refractivity (Wildman–Crippen MR) is 99.0 cm³/mol. The van der Waals surface area contributed by atoms with E-state index in [0.29, 0.717) is 12.6 Å². The molecule has 2 aliphatic heterocycles. The summed E-state index contributed by atoms with van der Waals surface area (Å²) in [5, 5.41) is 13.1. The third-order valence-corrected chi connectivity index (χ3v) is 5.28. The average Bonchev–Trinajstić information content (AvgIpc) is 2.80. The topological polar surface area (TPSA) is 65.0 Å². The number of ether oxygens (including phenoxy) is 1. The van der Waals surface area contributed by atoms with Crippen molar-refractivity contribution in [3.05, 3.63) is 0 Å². The minimum absolute atomic E-state index is 0.150. The Bertz CT molecular complexity index is 417. The molecular formula is C19H37N3O3. The molecule has 0 aliphatic carbocycles. The highest BCUT2D eigenvalue weighted by Gasteiger charge is 2.31. The number of carbonyl (C=O) groups excluding carboxylic acids is 1. The summed E-state index contributed by atoms with van der Waals surface area (Å²) in [5.74, 6) is 0.358. The molecule has 2 aliphatic rings. The van der Waals surface area contributed by atoms with E-state index in [9.17, 15) is 9.90 Å². The number of amides is 1. The fourth-order valence-corrected chi connectivity index (χ4v) is 3.94. The van der Waals surface area contributed by atoms with Crippen molar-refractivity contribution in [3.8, 4) is 0 Å². The highest BCUT2D eigenvalue weighted by molar-refractivity contribution is 5.79. The molecule has 0 aromatic heterocycles. The quantitative estimate of drug-likeness (QED) is 0.736. The van der Waals surface area contributed by atoms with E-state index < -0.39 is 6.41 Å². The van der Waals surface area contributed by atoms with Crippen LogP contribution in [0.1, 0.15) is 59.8 Å². The van der Waals surface area contributed by atoms with E-state index in [1.807, 2.05) is 32.6 Å². The standard InChI is InChI=1S/C19H37N3O3/c1-5-25-18(24)22-11-6-7-16(10-14-22)21-12-8-15(9-13-21)17(23)20-19(2,3)4/h15-16,18,24H,5-14H2,1-4H3,(H,20,23). The lowest BCUT2D eigenvalue weighted by Crippen LogP contribution is -2.48. The Balaban J connectivity index is 1.78. The molecule has 2 heterocycles. The molecule has 0 saturated carbocycles. The van der Waals surface area contributed by atoms with Crippen LogP contribution in [0, 0.1) is 5.92 Å². The van der Waals surface area contributed by atoms with E-state index in [-0.39, 0.29) is 17.4 Å². The van der Waals surface area contributed by atoms with Gasteiger partial charge in [-0.25, -0.2) is 0 Å². The molecule has 0 aromatic carbocycles. The first-order valence-electron chi connectivity index (χ1n) is 9.90. The van der Waals surface area contributed by atoms with Crippen molar-refractivity contribution in [2.75, 3.05) is 32.8 Å². The van der Waals surface area contributed by atoms with Crippen molar-refractivity contribution in [2.24, 2.45) is 5.92 Å². The van der Waals surface area contributed by atoms with Crippen LogP contribution in [0.2, 0.25) is 0 Å². The van der Waals surface area contributed by atoms with Crippen LogP contribution in [0.4, 0.5) is 0 Å². The zero-order chi connectivity index (χ0) is 18.4. The summed E-state index contributed by atoms with van der Waals surface area (Å²) in [6.07, 6.45) is 4.43. The Hall–Kier alpha value is -0.690. The van der Waals surface area contributed by atoms with E-state index in [4.69, 9.17) is 4.74 Å². The summed E-state index contributed by atoms with van der Waals surface area (Å²) >= 11 is 0. The van der Waals surface area contributed by atoms with Gasteiger partial charge in [-0.2, -0.15) is 0 Å². The second kappa shape index (κ2) is 9.31. The molecule has 2 rings (SSSR count). The molecule has 6 heteroatoms. The van der Waals surface area contributed by atoms with Gasteiger partial charge in [0.25, 0.3) is 0 Å². The number of aliphatic hydroxyl groups excluding tert-OH is 1. The van der Waals surface area contributed by atoms with E-state index in [2.05, 4.69) is 10.2 Å². The van der Waals surface area contributed by atoms with Crippen LogP contribution in [0.3, 0.4) is 0 Å². The number of hydrogen-bond acceptors (Lipinski definition) is 5. The maximum Gasteiger partial charge on any atom is 0.223 e. The van der Waals surface area contributed by atoms with Crippen LogP contribution >= 0.6 is 0 Å². The van der Waals surface area contributed by atoms with Gasteiger partial charge < -0.3 is 20.1 Å². The second-order valence-electron chi connectivity index (χ2n) is 8.45. The summed E-state index contributed by atoms with van der Waals surface area (Å²) in [6, 6.07) is 0.561. The van der Waals surface area contributed by atoms with Gasteiger partial charge in [0.1, 0.15) is 0 Å². The van der Waals surface area contributed by atoms with Gasteiger partial charge in [-0.15, -0.1) is 0 Å². The van der Waals surface area contributed by atoms with Crippen molar-refractivity contribution in [3.63, 3.8) is 0 Å². The van der Waals surface area contributed by atoms with Gasteiger partial charge in [-0.3, -0.25) is 9.69 Å². The summed E-state index contributed by atoms with van der Waals surface area (Å²) in [5.41, 5.74) is -0.152. The summed E-state index contributed by atoms with van der Waals surface area (Å²) in [6.45, 7) is 12.3. The normalized spacial score (nSPS) is 26.2. The van der Waals surface area contributed by atoms with Crippen molar-refractivity contribution >= 4 is 5.91 Å². The molecule has 0 radical (unpaired) electrons. The molecule has 2 saturated heterocycles. The minimum Gasteiger partial charge on any atom is -0.356 e. The predicted octanol–water partition coefficient (Wildman–Crippen LogP) is 1.78. The van der Waals surface area contributed by atoms with Crippen molar-refractivity contribution < 1.29 is 14.6 Å². The number of carbonyl (C=O) groups is 1. The van der Waals surface area contributed by atoms with E-state index in [1.165, 1.54) is 0 Å². The number of rotatable bonds is 5. The third kappa shape index (κ3) is 6.51. The van der Waals surface area contributed by atoms with Gasteiger partial charge in [0.15, 0.2) is 0 Å². The number of aliphatic hydroxyl groups is 1. The Kier molecular flexibility index (Phi) is 7.68. The number of likely N-dealkylation sites (tertiary alicyclic amines) is 2. The molecule has 0 bridgehead atoms. The van der Waals surface area contributed by atoms with E-state index in [0.717, 1.165) is 58.3 Å². The maximum absolute atomic E-state index is 12.4. The molecule has 2 atom stereocenters. The first-order valence-corrected chi connectivity index (χ1v) is 9.90. The van der Waals surface area contributed by atoms with Gasteiger partial charge >= 0.3 is 0 Å². The molecule has 6 nitrogen and oxygen atoms in total. The van der Waals surface area contributed by atoms with Gasteiger partial charge in [0.2, 0.25) is 12.3 Å². The fourth-order valence-electron chi connectivity index (χ4n) is 3.94. The molecule has 2 fully saturated rings. The first-order chi connectivity index (χ1) is 11.8. The minimum atomic E-state index is -0.768. The third-order valence-electron chi connectivity index (χ3n) is 5.28. The monoisotopic (exact) mass is 355 g/mol. The zero-order valence-corrected chi connectivity index (χ0v) is 16.5. The van der Waals surface area contributed by atoms with Crippen molar-refractivity contribution in [1.82, 2.24) is 15.1 Å².